The Hall–Kier alpha value is -1.69. The van der Waals surface area contributed by atoms with Crippen LogP contribution in [0, 0.1) is 0 Å². The summed E-state index contributed by atoms with van der Waals surface area (Å²) < 4.78 is 5.55. The molecule has 1 aliphatic heterocycles. The van der Waals surface area contributed by atoms with Crippen LogP contribution in [-0.2, 0) is 4.79 Å². The molecule has 1 fully saturated rings. The molecule has 1 saturated heterocycles. The van der Waals surface area contributed by atoms with Crippen LogP contribution < -0.4 is 10.1 Å². The van der Waals surface area contributed by atoms with Crippen molar-refractivity contribution >= 4 is 23.6 Å². The maximum atomic E-state index is 12.7. The molecule has 0 unspecified atom stereocenters. The molecule has 1 heterocycles. The number of carbonyl (C=O) groups is 2. The molecule has 2 rings (SSSR count). The summed E-state index contributed by atoms with van der Waals surface area (Å²) >= 11 is 1.54. The standard InChI is InChI=1S/C18H26N2O3S/c1-4-23-16-8-6-5-7-15(16)18(22)20-11-9-14(10-12-20)19-17(21)13(2)24-3/h5-8,13-14H,4,9-12H2,1-3H3,(H,19,21)/t13-/m0/s1. The van der Waals surface area contributed by atoms with Gasteiger partial charge in [0, 0.05) is 19.1 Å². The second-order valence-electron chi connectivity index (χ2n) is 5.88. The average molecular weight is 350 g/mol. The number of thioether (sulfide) groups is 1. The Kier molecular flexibility index (Phi) is 6.97. The lowest BCUT2D eigenvalue weighted by molar-refractivity contribution is -0.121. The maximum Gasteiger partial charge on any atom is 0.257 e. The van der Waals surface area contributed by atoms with Crippen LogP contribution >= 0.6 is 11.8 Å². The highest BCUT2D eigenvalue weighted by Crippen LogP contribution is 2.22. The van der Waals surface area contributed by atoms with E-state index in [0.29, 0.717) is 31.0 Å². The van der Waals surface area contributed by atoms with Crippen molar-refractivity contribution in [3.05, 3.63) is 29.8 Å². The number of hydrogen-bond donors (Lipinski definition) is 1. The molecule has 132 valence electrons. The molecule has 1 aliphatic rings. The van der Waals surface area contributed by atoms with Gasteiger partial charge in [0.15, 0.2) is 0 Å². The predicted octanol–water partition coefficient (Wildman–Crippen LogP) is 2.56. The second-order valence-corrected chi connectivity index (χ2v) is 7.06. The first-order valence-electron chi connectivity index (χ1n) is 8.41. The molecule has 1 aromatic carbocycles. The molecule has 0 spiro atoms. The average Bonchev–Trinajstić information content (AvgIpc) is 2.61. The number of nitrogens with one attached hydrogen (secondary N) is 1. The lowest BCUT2D eigenvalue weighted by Gasteiger charge is -2.33. The van der Waals surface area contributed by atoms with Gasteiger partial charge in [-0.05, 0) is 45.1 Å². The van der Waals surface area contributed by atoms with Crippen molar-refractivity contribution < 1.29 is 14.3 Å². The fraction of sp³-hybridized carbons (Fsp3) is 0.556. The molecule has 0 aliphatic carbocycles. The summed E-state index contributed by atoms with van der Waals surface area (Å²) in [6.07, 6.45) is 3.51. The van der Waals surface area contributed by atoms with Gasteiger partial charge in [-0.3, -0.25) is 9.59 Å². The summed E-state index contributed by atoms with van der Waals surface area (Å²) in [5.41, 5.74) is 0.609. The zero-order valence-electron chi connectivity index (χ0n) is 14.6. The molecule has 2 amide bonds. The first kappa shape index (κ1) is 18.6. The number of piperidine rings is 1. The lowest BCUT2D eigenvalue weighted by atomic mass is 10.0. The van der Waals surface area contributed by atoms with Crippen LogP contribution in [0.15, 0.2) is 24.3 Å². The first-order valence-corrected chi connectivity index (χ1v) is 9.69. The van der Waals surface area contributed by atoms with Crippen LogP contribution in [0.1, 0.15) is 37.0 Å². The van der Waals surface area contributed by atoms with Crippen molar-refractivity contribution in [2.75, 3.05) is 26.0 Å². The van der Waals surface area contributed by atoms with Gasteiger partial charge in [0.25, 0.3) is 5.91 Å². The van der Waals surface area contributed by atoms with E-state index in [2.05, 4.69) is 5.32 Å². The third kappa shape index (κ3) is 4.66. The molecule has 0 aromatic heterocycles. The summed E-state index contributed by atoms with van der Waals surface area (Å²) in [7, 11) is 0. The van der Waals surface area contributed by atoms with Gasteiger partial charge in [-0.15, -0.1) is 0 Å². The zero-order chi connectivity index (χ0) is 17.5. The fourth-order valence-corrected chi connectivity index (χ4v) is 3.03. The molecule has 0 saturated carbocycles. The number of hydrogen-bond acceptors (Lipinski definition) is 4. The number of ether oxygens (including phenoxy) is 1. The first-order chi connectivity index (χ1) is 11.6. The molecule has 6 heteroatoms. The Morgan fingerprint density at radius 1 is 1.33 bits per heavy atom. The number of rotatable bonds is 6. The van der Waals surface area contributed by atoms with E-state index >= 15 is 0 Å². The second kappa shape index (κ2) is 8.97. The number of nitrogens with zero attached hydrogens (tertiary/aromatic N) is 1. The lowest BCUT2D eigenvalue weighted by Crippen LogP contribution is -2.48. The Bertz CT molecular complexity index is 571. The van der Waals surface area contributed by atoms with Crippen molar-refractivity contribution in [2.24, 2.45) is 0 Å². The fourth-order valence-electron chi connectivity index (χ4n) is 2.75. The molecule has 0 radical (unpaired) electrons. The molecular formula is C18H26N2O3S. The van der Waals surface area contributed by atoms with Crippen LogP contribution in [0.3, 0.4) is 0 Å². The monoisotopic (exact) mass is 350 g/mol. The number of para-hydroxylation sites is 1. The molecule has 5 nitrogen and oxygen atoms in total. The van der Waals surface area contributed by atoms with Gasteiger partial charge in [0.2, 0.25) is 5.91 Å². The quantitative estimate of drug-likeness (QED) is 0.857. The smallest absolute Gasteiger partial charge is 0.257 e. The van der Waals surface area contributed by atoms with E-state index in [1.165, 1.54) is 11.8 Å². The van der Waals surface area contributed by atoms with Crippen molar-refractivity contribution in [3.63, 3.8) is 0 Å². The van der Waals surface area contributed by atoms with E-state index in [4.69, 9.17) is 4.74 Å². The highest BCUT2D eigenvalue weighted by Gasteiger charge is 2.26. The van der Waals surface area contributed by atoms with E-state index in [1.54, 1.807) is 6.07 Å². The summed E-state index contributed by atoms with van der Waals surface area (Å²) in [6.45, 7) is 5.65. The summed E-state index contributed by atoms with van der Waals surface area (Å²) in [5.74, 6) is 0.712. The van der Waals surface area contributed by atoms with E-state index in [0.717, 1.165) is 12.8 Å². The van der Waals surface area contributed by atoms with E-state index < -0.39 is 0 Å². The largest absolute Gasteiger partial charge is 0.493 e. The zero-order valence-corrected chi connectivity index (χ0v) is 15.4. The molecule has 1 atom stereocenters. The minimum atomic E-state index is -0.0391. The van der Waals surface area contributed by atoms with Crippen LogP contribution in [-0.4, -0.2) is 54.0 Å². The predicted molar refractivity (Wildman–Crippen MR) is 97.7 cm³/mol. The van der Waals surface area contributed by atoms with Gasteiger partial charge in [-0.2, -0.15) is 11.8 Å². The van der Waals surface area contributed by atoms with E-state index in [-0.39, 0.29) is 23.1 Å². The van der Waals surface area contributed by atoms with Crippen molar-refractivity contribution in [2.45, 2.75) is 38.0 Å². The Morgan fingerprint density at radius 2 is 2.00 bits per heavy atom. The van der Waals surface area contributed by atoms with Gasteiger partial charge in [0.05, 0.1) is 17.4 Å². The van der Waals surface area contributed by atoms with Crippen LogP contribution in [0.25, 0.3) is 0 Å². The number of benzene rings is 1. The van der Waals surface area contributed by atoms with E-state index in [9.17, 15) is 9.59 Å². The number of carbonyl (C=O) groups excluding carboxylic acids is 2. The number of likely N-dealkylation sites (tertiary alicyclic amines) is 1. The topological polar surface area (TPSA) is 58.6 Å². The summed E-state index contributed by atoms with van der Waals surface area (Å²) in [4.78, 5) is 26.5. The van der Waals surface area contributed by atoms with Crippen molar-refractivity contribution in [3.8, 4) is 5.75 Å². The maximum absolute atomic E-state index is 12.7. The molecule has 0 bridgehead atoms. The Labute approximate surface area is 148 Å². The molecule has 1 N–H and O–H groups in total. The van der Waals surface area contributed by atoms with Crippen LogP contribution in [0.5, 0.6) is 5.75 Å². The van der Waals surface area contributed by atoms with E-state index in [1.807, 2.05) is 43.2 Å². The third-order valence-electron chi connectivity index (χ3n) is 4.27. The third-order valence-corrected chi connectivity index (χ3v) is 5.19. The van der Waals surface area contributed by atoms with Crippen LogP contribution in [0.2, 0.25) is 0 Å². The minimum Gasteiger partial charge on any atom is -0.493 e. The Balaban J connectivity index is 1.92. The van der Waals surface area contributed by atoms with Gasteiger partial charge in [-0.25, -0.2) is 0 Å². The summed E-state index contributed by atoms with van der Waals surface area (Å²) in [5, 5.41) is 3.04. The van der Waals surface area contributed by atoms with Gasteiger partial charge in [-0.1, -0.05) is 12.1 Å². The highest BCUT2D eigenvalue weighted by molar-refractivity contribution is 7.99. The highest BCUT2D eigenvalue weighted by atomic mass is 32.2. The molecule has 1 aromatic rings. The minimum absolute atomic E-state index is 0.00121. The molecular weight excluding hydrogens is 324 g/mol. The normalized spacial score (nSPS) is 16.5. The van der Waals surface area contributed by atoms with Gasteiger partial charge in [0.1, 0.15) is 5.75 Å². The van der Waals surface area contributed by atoms with Crippen LogP contribution in [0.4, 0.5) is 0 Å². The van der Waals surface area contributed by atoms with Crippen molar-refractivity contribution in [1.82, 2.24) is 10.2 Å². The SMILES string of the molecule is CCOc1ccccc1C(=O)N1CCC(NC(=O)[C@H](C)SC)CC1. The van der Waals surface area contributed by atoms with Gasteiger partial charge < -0.3 is 15.0 Å². The molecule has 24 heavy (non-hydrogen) atoms. The Morgan fingerprint density at radius 3 is 2.62 bits per heavy atom. The number of amides is 2. The van der Waals surface area contributed by atoms with Gasteiger partial charge >= 0.3 is 0 Å². The summed E-state index contributed by atoms with van der Waals surface area (Å²) in [6, 6.07) is 7.51. The van der Waals surface area contributed by atoms with Crippen molar-refractivity contribution in [1.29, 1.82) is 0 Å².